The maximum absolute atomic E-state index is 12.9. The highest BCUT2D eigenvalue weighted by Gasteiger charge is 2.25. The van der Waals surface area contributed by atoms with Gasteiger partial charge in [0.05, 0.1) is 34.4 Å². The quantitative estimate of drug-likeness (QED) is 0.0211. The van der Waals surface area contributed by atoms with Gasteiger partial charge in [-0.2, -0.15) is 0 Å². The lowest BCUT2D eigenvalue weighted by molar-refractivity contribution is -0.870. The maximum Gasteiger partial charge on any atom is 0.361 e. The first-order chi connectivity index (χ1) is 40.6. The standard InChI is InChI=1S/C74H117NO8/c1-6-8-10-12-14-16-18-20-22-24-26-28-30-31-32-33-34-35-36-37-38-39-40-41-43-45-47-49-51-53-55-57-59-61-63-65-72(77)83-70(69-82-74(73(78)79)80-67-66-75(3,4)5)68-81-71(76)64-62-60-58-56-54-52-50-48-46-44-42-29-27-25-23-21-19-17-15-13-11-9-7-2/h8-11,14-17,20-23,26-29,31-32,34-35,37-38,40-41,44-47,70,74H,6-7,12-13,18-19,24-25,30,33,36,39,42-43,48-69H2,1-5H3/p+1/b10-8-,11-9-,16-14-,17-15-,22-20-,23-21-,28-26-,29-27-,32-31-,35-34-,38-37-,41-40-,46-44-,47-45-. The van der Waals surface area contributed by atoms with Gasteiger partial charge in [-0.25, -0.2) is 4.79 Å². The van der Waals surface area contributed by atoms with E-state index in [0.717, 1.165) is 148 Å². The molecule has 0 aromatic rings. The predicted molar refractivity (Wildman–Crippen MR) is 354 cm³/mol. The number of unbranched alkanes of at least 4 members (excludes halogenated alkanes) is 14. The molecule has 466 valence electrons. The third-order valence-corrected chi connectivity index (χ3v) is 13.0. The van der Waals surface area contributed by atoms with Crippen LogP contribution < -0.4 is 0 Å². The van der Waals surface area contributed by atoms with Crippen molar-refractivity contribution in [2.75, 3.05) is 47.5 Å². The van der Waals surface area contributed by atoms with Crippen LogP contribution in [-0.4, -0.2) is 87.4 Å². The van der Waals surface area contributed by atoms with Gasteiger partial charge in [0, 0.05) is 12.8 Å². The van der Waals surface area contributed by atoms with E-state index in [-0.39, 0.29) is 38.6 Å². The van der Waals surface area contributed by atoms with Crippen molar-refractivity contribution in [2.45, 2.75) is 232 Å². The Balaban J connectivity index is 4.28. The number of ether oxygens (including phenoxy) is 4. The number of nitrogens with zero attached hydrogens (tertiary/aromatic N) is 1. The van der Waals surface area contributed by atoms with Crippen molar-refractivity contribution in [2.24, 2.45) is 0 Å². The first-order valence-electron chi connectivity index (χ1n) is 32.3. The second-order valence-electron chi connectivity index (χ2n) is 22.0. The molecular weight excluding hydrogens is 1030 g/mol. The Morgan fingerprint density at radius 2 is 0.651 bits per heavy atom. The van der Waals surface area contributed by atoms with Crippen LogP contribution in [-0.2, 0) is 33.3 Å². The number of hydrogen-bond acceptors (Lipinski definition) is 7. The molecule has 9 nitrogen and oxygen atoms in total. The maximum atomic E-state index is 12.9. The van der Waals surface area contributed by atoms with Crippen LogP contribution in [0.1, 0.15) is 219 Å². The molecule has 0 bridgehead atoms. The van der Waals surface area contributed by atoms with Gasteiger partial charge in [0.25, 0.3) is 6.29 Å². The molecule has 0 rings (SSSR count). The average molecular weight is 1150 g/mol. The number of carboxylic acid groups (broad SMARTS) is 1. The molecule has 0 spiro atoms. The van der Waals surface area contributed by atoms with Crippen LogP contribution in [0.15, 0.2) is 170 Å². The highest BCUT2D eigenvalue weighted by molar-refractivity contribution is 5.71. The average Bonchev–Trinajstić information content (AvgIpc) is 3.46. The fraction of sp³-hybridized carbons (Fsp3) is 0.581. The minimum atomic E-state index is -1.53. The van der Waals surface area contributed by atoms with Crippen molar-refractivity contribution < 1.29 is 42.9 Å². The van der Waals surface area contributed by atoms with Gasteiger partial charge in [0.1, 0.15) is 13.2 Å². The smallest absolute Gasteiger partial charge is 0.361 e. The Morgan fingerprint density at radius 3 is 0.964 bits per heavy atom. The topological polar surface area (TPSA) is 108 Å². The summed E-state index contributed by atoms with van der Waals surface area (Å²) in [5.74, 6) is -2.06. The third kappa shape index (κ3) is 64.1. The largest absolute Gasteiger partial charge is 0.477 e. The third-order valence-electron chi connectivity index (χ3n) is 13.0. The number of allylic oxidation sites excluding steroid dienone is 28. The first-order valence-corrected chi connectivity index (χ1v) is 32.3. The van der Waals surface area contributed by atoms with Gasteiger partial charge in [-0.05, 0) is 128 Å². The molecule has 9 heteroatoms. The van der Waals surface area contributed by atoms with Crippen molar-refractivity contribution in [3.05, 3.63) is 170 Å². The number of rotatable bonds is 57. The number of esters is 2. The van der Waals surface area contributed by atoms with Crippen LogP contribution in [0.2, 0.25) is 0 Å². The number of carbonyl (C=O) groups is 3. The van der Waals surface area contributed by atoms with E-state index in [9.17, 15) is 19.5 Å². The van der Waals surface area contributed by atoms with E-state index in [1.54, 1.807) is 0 Å². The zero-order valence-electron chi connectivity index (χ0n) is 53.0. The van der Waals surface area contributed by atoms with Crippen LogP contribution >= 0.6 is 0 Å². The van der Waals surface area contributed by atoms with Crippen LogP contribution in [0.3, 0.4) is 0 Å². The molecule has 0 aromatic carbocycles. The molecule has 2 unspecified atom stereocenters. The summed E-state index contributed by atoms with van der Waals surface area (Å²) >= 11 is 0. The highest BCUT2D eigenvalue weighted by atomic mass is 16.7. The zero-order valence-corrected chi connectivity index (χ0v) is 53.0. The molecule has 0 amide bonds. The van der Waals surface area contributed by atoms with E-state index < -0.39 is 24.3 Å². The second kappa shape index (κ2) is 62.7. The van der Waals surface area contributed by atoms with Gasteiger partial charge < -0.3 is 28.5 Å². The SMILES string of the molecule is CC/C=C\C/C=C\C/C=C\C/C=C\C/C=C\C/C=C\C/C=C\C/C=C\C/C=C\CCCCCCCCCC(=O)OC(COC(=O)CCCCCCCCC/C=C\C/C=C\C/C=C\C/C=C\C/C=C\CC)COC(OCC[N+](C)(C)C)C(=O)O. The molecular formula is C74H118NO8+. The van der Waals surface area contributed by atoms with E-state index in [1.807, 2.05) is 21.1 Å². The molecule has 2 atom stereocenters. The minimum absolute atomic E-state index is 0.173. The number of quaternary nitrogens is 1. The van der Waals surface area contributed by atoms with Crippen LogP contribution in [0.4, 0.5) is 0 Å². The normalized spacial score (nSPS) is 13.9. The Bertz CT molecular complexity index is 1960. The number of hydrogen-bond donors (Lipinski definition) is 1. The lowest BCUT2D eigenvalue weighted by atomic mass is 10.1. The Kier molecular flexibility index (Phi) is 58.6. The highest BCUT2D eigenvalue weighted by Crippen LogP contribution is 2.14. The molecule has 0 aliphatic rings. The number of aliphatic carboxylic acids is 1. The molecule has 0 saturated carbocycles. The lowest BCUT2D eigenvalue weighted by Crippen LogP contribution is -2.40. The van der Waals surface area contributed by atoms with Gasteiger partial charge in [-0.15, -0.1) is 0 Å². The molecule has 0 fully saturated rings. The Hall–Kier alpha value is -5.35. The van der Waals surface area contributed by atoms with Crippen molar-refractivity contribution in [1.82, 2.24) is 0 Å². The molecule has 0 aromatic heterocycles. The summed E-state index contributed by atoms with van der Waals surface area (Å²) in [6.07, 6.45) is 91.5. The van der Waals surface area contributed by atoms with Gasteiger partial charge in [-0.3, -0.25) is 9.59 Å². The van der Waals surface area contributed by atoms with Crippen molar-refractivity contribution in [3.63, 3.8) is 0 Å². The summed E-state index contributed by atoms with van der Waals surface area (Å²) in [6, 6.07) is 0. The van der Waals surface area contributed by atoms with Crippen LogP contribution in [0.5, 0.6) is 0 Å². The molecule has 1 N–H and O–H groups in total. The first kappa shape index (κ1) is 77.7. The van der Waals surface area contributed by atoms with Crippen molar-refractivity contribution in [1.29, 1.82) is 0 Å². The van der Waals surface area contributed by atoms with Gasteiger partial charge >= 0.3 is 17.9 Å². The Labute approximate surface area is 507 Å². The van der Waals surface area contributed by atoms with E-state index in [4.69, 9.17) is 18.9 Å². The summed E-state index contributed by atoms with van der Waals surface area (Å²) in [4.78, 5) is 37.5. The van der Waals surface area contributed by atoms with Gasteiger partial charge in [-0.1, -0.05) is 248 Å². The molecule has 0 radical (unpaired) electrons. The van der Waals surface area contributed by atoms with Crippen molar-refractivity contribution >= 4 is 17.9 Å². The van der Waals surface area contributed by atoms with Gasteiger partial charge in [0.15, 0.2) is 6.10 Å². The summed E-state index contributed by atoms with van der Waals surface area (Å²) < 4.78 is 22.9. The van der Waals surface area contributed by atoms with Crippen molar-refractivity contribution in [3.8, 4) is 0 Å². The number of likely N-dealkylation sites (N-methyl/N-ethyl adjacent to an activating group) is 1. The Morgan fingerprint density at radius 1 is 0.361 bits per heavy atom. The minimum Gasteiger partial charge on any atom is -0.477 e. The molecule has 0 aliphatic carbocycles. The molecule has 0 heterocycles. The zero-order chi connectivity index (χ0) is 60.5. The lowest BCUT2D eigenvalue weighted by Gasteiger charge is -2.25. The van der Waals surface area contributed by atoms with E-state index in [1.165, 1.54) is 38.5 Å². The van der Waals surface area contributed by atoms with E-state index in [0.29, 0.717) is 17.4 Å². The summed E-state index contributed by atoms with van der Waals surface area (Å²) in [5.41, 5.74) is 0. The molecule has 0 saturated heterocycles. The molecule has 83 heavy (non-hydrogen) atoms. The molecule has 0 aliphatic heterocycles. The fourth-order valence-electron chi connectivity index (χ4n) is 8.09. The predicted octanol–water partition coefficient (Wildman–Crippen LogP) is 19.9. The number of carboxylic acids is 1. The second-order valence-corrected chi connectivity index (χ2v) is 22.0. The monoisotopic (exact) mass is 1150 g/mol. The summed E-state index contributed by atoms with van der Waals surface area (Å²) in [5, 5.41) is 9.73. The van der Waals surface area contributed by atoms with Gasteiger partial charge in [0.2, 0.25) is 0 Å². The van der Waals surface area contributed by atoms with E-state index in [2.05, 4.69) is 184 Å². The summed E-state index contributed by atoms with van der Waals surface area (Å²) in [6.45, 7) is 4.60. The number of carbonyl (C=O) groups excluding carboxylic acids is 2. The van der Waals surface area contributed by atoms with Crippen LogP contribution in [0, 0.1) is 0 Å². The fourth-order valence-corrected chi connectivity index (χ4v) is 8.09. The van der Waals surface area contributed by atoms with Crippen LogP contribution in [0.25, 0.3) is 0 Å². The van der Waals surface area contributed by atoms with E-state index >= 15 is 0 Å². The summed E-state index contributed by atoms with van der Waals surface area (Å²) in [7, 11) is 5.95.